The molecule has 2 N–H and O–H groups in total. The van der Waals surface area contributed by atoms with E-state index in [9.17, 15) is 0 Å². The van der Waals surface area contributed by atoms with E-state index < -0.39 is 0 Å². The minimum Gasteiger partial charge on any atom is -0.337 e. The molecule has 1 heterocycles. The normalized spacial score (nSPS) is 15.0. The summed E-state index contributed by atoms with van der Waals surface area (Å²) in [6.45, 7) is 6.43. The van der Waals surface area contributed by atoms with Crippen LogP contribution in [0, 0.1) is 5.92 Å². The average molecular weight is 252 g/mol. The molecule has 0 aliphatic rings. The molecule has 0 bridgehead atoms. The predicted molar refractivity (Wildman–Crippen MR) is 76.2 cm³/mol. The summed E-state index contributed by atoms with van der Waals surface area (Å²) in [6.07, 6.45) is 7.47. The van der Waals surface area contributed by atoms with E-state index in [1.807, 2.05) is 19.4 Å². The highest BCUT2D eigenvalue weighted by atomic mass is 15.1. The number of rotatable bonds is 8. The van der Waals surface area contributed by atoms with Crippen LogP contribution in [-0.4, -0.2) is 34.1 Å². The Balaban J connectivity index is 2.23. The van der Waals surface area contributed by atoms with Crippen LogP contribution in [0.5, 0.6) is 0 Å². The van der Waals surface area contributed by atoms with Crippen molar-refractivity contribution >= 4 is 0 Å². The number of nitrogens with zero attached hydrogens (tertiary/aromatic N) is 3. The van der Waals surface area contributed by atoms with Gasteiger partial charge in [-0.2, -0.15) is 0 Å². The maximum absolute atomic E-state index is 5.77. The van der Waals surface area contributed by atoms with Crippen molar-refractivity contribution in [1.29, 1.82) is 0 Å². The van der Waals surface area contributed by atoms with Crippen molar-refractivity contribution in [1.82, 2.24) is 14.5 Å². The molecule has 1 aromatic heterocycles. The Kier molecular flexibility index (Phi) is 6.36. The van der Waals surface area contributed by atoms with Crippen LogP contribution in [0.1, 0.15) is 38.9 Å². The molecule has 0 amide bonds. The first-order chi connectivity index (χ1) is 8.49. The van der Waals surface area contributed by atoms with Crippen LogP contribution < -0.4 is 5.73 Å². The van der Waals surface area contributed by atoms with Gasteiger partial charge in [0.2, 0.25) is 0 Å². The molecular formula is C14H28N4. The third-order valence-corrected chi connectivity index (χ3v) is 3.31. The van der Waals surface area contributed by atoms with Crippen molar-refractivity contribution in [3.63, 3.8) is 0 Å². The zero-order valence-electron chi connectivity index (χ0n) is 12.3. The molecule has 104 valence electrons. The summed E-state index contributed by atoms with van der Waals surface area (Å²) in [5, 5.41) is 0. The van der Waals surface area contributed by atoms with Gasteiger partial charge in [0.05, 0.1) is 6.54 Å². The molecule has 4 heteroatoms. The first kappa shape index (κ1) is 15.2. The summed E-state index contributed by atoms with van der Waals surface area (Å²) in [4.78, 5) is 6.70. The molecule has 0 saturated heterocycles. The van der Waals surface area contributed by atoms with E-state index in [4.69, 9.17) is 5.73 Å². The van der Waals surface area contributed by atoms with E-state index >= 15 is 0 Å². The molecule has 2 unspecified atom stereocenters. The Morgan fingerprint density at radius 1 is 1.39 bits per heavy atom. The number of hydrogen-bond acceptors (Lipinski definition) is 3. The van der Waals surface area contributed by atoms with Gasteiger partial charge in [-0.25, -0.2) is 4.98 Å². The fourth-order valence-corrected chi connectivity index (χ4v) is 2.27. The zero-order valence-corrected chi connectivity index (χ0v) is 12.3. The Labute approximate surface area is 111 Å². The average Bonchev–Trinajstić information content (AvgIpc) is 2.63. The largest absolute Gasteiger partial charge is 0.337 e. The summed E-state index contributed by atoms with van der Waals surface area (Å²) >= 11 is 0. The number of aryl methyl sites for hydroxylation is 1. The summed E-state index contributed by atoms with van der Waals surface area (Å²) in [6, 6.07) is 0.336. The van der Waals surface area contributed by atoms with Gasteiger partial charge in [-0.15, -0.1) is 0 Å². The first-order valence-corrected chi connectivity index (χ1v) is 6.89. The molecule has 1 aromatic rings. The highest BCUT2D eigenvalue weighted by Gasteiger charge is 2.09. The van der Waals surface area contributed by atoms with Gasteiger partial charge in [-0.1, -0.05) is 13.3 Å². The van der Waals surface area contributed by atoms with Crippen LogP contribution in [0.15, 0.2) is 12.4 Å². The van der Waals surface area contributed by atoms with Gasteiger partial charge in [0.25, 0.3) is 0 Å². The van der Waals surface area contributed by atoms with Crippen molar-refractivity contribution in [2.24, 2.45) is 18.7 Å². The molecular weight excluding hydrogens is 224 g/mol. The molecule has 0 fully saturated rings. The molecule has 0 saturated carbocycles. The second-order valence-electron chi connectivity index (χ2n) is 5.66. The Hall–Kier alpha value is -0.870. The van der Waals surface area contributed by atoms with Gasteiger partial charge in [-0.05, 0) is 32.7 Å². The van der Waals surface area contributed by atoms with E-state index in [-0.39, 0.29) is 0 Å². The van der Waals surface area contributed by atoms with Crippen molar-refractivity contribution in [2.45, 2.75) is 45.7 Å². The predicted octanol–water partition coefficient (Wildman–Crippen LogP) is 2.01. The lowest BCUT2D eigenvalue weighted by atomic mass is 10.0. The van der Waals surface area contributed by atoms with Gasteiger partial charge < -0.3 is 10.3 Å². The van der Waals surface area contributed by atoms with E-state index in [1.54, 1.807) is 0 Å². The van der Waals surface area contributed by atoms with Gasteiger partial charge in [-0.3, -0.25) is 4.90 Å². The molecule has 0 aliphatic carbocycles. The summed E-state index contributed by atoms with van der Waals surface area (Å²) in [7, 11) is 4.21. The minimum absolute atomic E-state index is 0.336. The molecule has 0 radical (unpaired) electrons. The van der Waals surface area contributed by atoms with Crippen LogP contribution in [0.3, 0.4) is 0 Å². The van der Waals surface area contributed by atoms with Crippen molar-refractivity contribution < 1.29 is 0 Å². The maximum atomic E-state index is 5.77. The van der Waals surface area contributed by atoms with E-state index in [0.717, 1.165) is 25.3 Å². The van der Waals surface area contributed by atoms with Gasteiger partial charge in [0, 0.05) is 32.0 Å². The third-order valence-electron chi connectivity index (χ3n) is 3.31. The van der Waals surface area contributed by atoms with Crippen molar-refractivity contribution in [3.8, 4) is 0 Å². The Morgan fingerprint density at radius 2 is 2.11 bits per heavy atom. The van der Waals surface area contributed by atoms with Gasteiger partial charge >= 0.3 is 0 Å². The Bertz CT molecular complexity index is 332. The summed E-state index contributed by atoms with van der Waals surface area (Å²) < 4.78 is 2.08. The Morgan fingerprint density at radius 3 is 2.67 bits per heavy atom. The number of hydrogen-bond donors (Lipinski definition) is 1. The van der Waals surface area contributed by atoms with Crippen LogP contribution >= 0.6 is 0 Å². The number of nitrogens with two attached hydrogens (primary N) is 1. The standard InChI is InChI=1S/C14H28N4/c1-12(6-5-7-13(2)15)10-17(3)11-14-16-8-9-18(14)4/h8-9,12-13H,5-7,10-11,15H2,1-4H3. The minimum atomic E-state index is 0.336. The zero-order chi connectivity index (χ0) is 13.5. The molecule has 0 spiro atoms. The molecule has 0 aliphatic heterocycles. The van der Waals surface area contributed by atoms with Crippen LogP contribution in [-0.2, 0) is 13.6 Å². The summed E-state index contributed by atoms with van der Waals surface area (Å²) in [5.41, 5.74) is 5.77. The fourth-order valence-electron chi connectivity index (χ4n) is 2.27. The molecule has 18 heavy (non-hydrogen) atoms. The topological polar surface area (TPSA) is 47.1 Å². The van der Waals surface area contributed by atoms with Crippen molar-refractivity contribution in [3.05, 3.63) is 18.2 Å². The number of aromatic nitrogens is 2. The highest BCUT2D eigenvalue weighted by molar-refractivity contribution is 4.90. The molecule has 1 rings (SSSR count). The molecule has 0 aromatic carbocycles. The smallest absolute Gasteiger partial charge is 0.122 e. The quantitative estimate of drug-likeness (QED) is 0.770. The van der Waals surface area contributed by atoms with Gasteiger partial charge in [0.1, 0.15) is 5.82 Å². The lowest BCUT2D eigenvalue weighted by Crippen LogP contribution is -2.25. The maximum Gasteiger partial charge on any atom is 0.122 e. The van der Waals surface area contributed by atoms with E-state index in [2.05, 4.69) is 35.3 Å². The van der Waals surface area contributed by atoms with E-state index in [0.29, 0.717) is 12.0 Å². The lowest BCUT2D eigenvalue weighted by Gasteiger charge is -2.21. The summed E-state index contributed by atoms with van der Waals surface area (Å²) in [5.74, 6) is 1.84. The third kappa shape index (κ3) is 5.65. The van der Waals surface area contributed by atoms with Crippen molar-refractivity contribution in [2.75, 3.05) is 13.6 Å². The van der Waals surface area contributed by atoms with Crippen LogP contribution in [0.4, 0.5) is 0 Å². The fraction of sp³-hybridized carbons (Fsp3) is 0.786. The number of imidazole rings is 1. The molecule has 4 nitrogen and oxygen atoms in total. The SMILES string of the molecule is CC(N)CCCC(C)CN(C)Cc1nccn1C. The van der Waals surface area contributed by atoms with Gasteiger partial charge in [0.15, 0.2) is 0 Å². The van der Waals surface area contributed by atoms with Crippen LogP contribution in [0.25, 0.3) is 0 Å². The second kappa shape index (κ2) is 7.54. The highest BCUT2D eigenvalue weighted by Crippen LogP contribution is 2.11. The first-order valence-electron chi connectivity index (χ1n) is 6.89. The monoisotopic (exact) mass is 252 g/mol. The lowest BCUT2D eigenvalue weighted by molar-refractivity contribution is 0.260. The van der Waals surface area contributed by atoms with Crippen LogP contribution in [0.2, 0.25) is 0 Å². The van der Waals surface area contributed by atoms with E-state index in [1.165, 1.54) is 12.8 Å². The molecule has 2 atom stereocenters. The second-order valence-corrected chi connectivity index (χ2v) is 5.66.